The van der Waals surface area contributed by atoms with Gasteiger partial charge in [0.1, 0.15) is 0 Å². The van der Waals surface area contributed by atoms with Crippen molar-refractivity contribution in [2.45, 2.75) is 78.0 Å². The first-order valence-electron chi connectivity index (χ1n) is 8.73. The highest BCUT2D eigenvalue weighted by Crippen LogP contribution is 2.24. The van der Waals surface area contributed by atoms with Crippen molar-refractivity contribution in [2.75, 3.05) is 6.61 Å². The Morgan fingerprint density at radius 2 is 1.82 bits per heavy atom. The second-order valence-electron chi connectivity index (χ2n) is 8.22. The van der Waals surface area contributed by atoms with Crippen LogP contribution in [0.5, 0.6) is 0 Å². The van der Waals surface area contributed by atoms with Crippen LogP contribution in [0.3, 0.4) is 0 Å². The summed E-state index contributed by atoms with van der Waals surface area (Å²) in [6, 6.07) is 10.1. The summed E-state index contributed by atoms with van der Waals surface area (Å²) in [5.74, 6) is 0.642. The van der Waals surface area contributed by atoms with Gasteiger partial charge in [-0.25, -0.2) is 0 Å². The van der Waals surface area contributed by atoms with Crippen LogP contribution in [0.1, 0.15) is 59.1 Å². The van der Waals surface area contributed by atoms with E-state index in [1.54, 1.807) is 0 Å². The summed E-state index contributed by atoms with van der Waals surface area (Å²) in [6.07, 6.45) is 2.61. The molecule has 2 nitrogen and oxygen atoms in total. The molecule has 1 fully saturated rings. The molecule has 22 heavy (non-hydrogen) atoms. The minimum absolute atomic E-state index is 0.234. The minimum atomic E-state index is 0.234. The van der Waals surface area contributed by atoms with Crippen molar-refractivity contribution in [1.82, 2.24) is 5.32 Å². The highest BCUT2D eigenvalue weighted by atomic mass is 16.5. The van der Waals surface area contributed by atoms with E-state index < -0.39 is 0 Å². The van der Waals surface area contributed by atoms with Crippen molar-refractivity contribution >= 4 is 0 Å². The molecule has 1 saturated heterocycles. The fourth-order valence-corrected chi connectivity index (χ4v) is 3.31. The molecule has 1 aliphatic rings. The van der Waals surface area contributed by atoms with Gasteiger partial charge in [-0.2, -0.15) is 0 Å². The molecule has 124 valence electrons. The largest absolute Gasteiger partial charge is 0.375 e. The van der Waals surface area contributed by atoms with Crippen molar-refractivity contribution in [1.29, 1.82) is 0 Å². The van der Waals surface area contributed by atoms with Crippen LogP contribution in [0.2, 0.25) is 0 Å². The third-order valence-corrected chi connectivity index (χ3v) is 4.70. The molecule has 1 aromatic rings. The number of morpholine rings is 1. The summed E-state index contributed by atoms with van der Waals surface area (Å²) >= 11 is 0. The van der Waals surface area contributed by atoms with Gasteiger partial charge >= 0.3 is 0 Å². The van der Waals surface area contributed by atoms with Gasteiger partial charge in [-0.05, 0) is 49.1 Å². The lowest BCUT2D eigenvalue weighted by atomic mass is 9.85. The molecule has 4 atom stereocenters. The summed E-state index contributed by atoms with van der Waals surface area (Å²) in [5, 5.41) is 3.60. The second-order valence-corrected chi connectivity index (χ2v) is 8.22. The Morgan fingerprint density at radius 3 is 2.36 bits per heavy atom. The molecule has 2 heteroatoms. The molecule has 0 radical (unpaired) electrons. The van der Waals surface area contributed by atoms with Gasteiger partial charge in [-0.1, -0.05) is 52.0 Å². The molecule has 1 N–H and O–H groups in total. The number of nitrogens with one attached hydrogen (secondary N) is 1. The number of ether oxygens (including phenoxy) is 1. The van der Waals surface area contributed by atoms with Crippen molar-refractivity contribution in [3.63, 3.8) is 0 Å². The van der Waals surface area contributed by atoms with Gasteiger partial charge in [-0.3, -0.25) is 0 Å². The van der Waals surface area contributed by atoms with Crippen molar-refractivity contribution in [3.8, 4) is 0 Å². The maximum absolute atomic E-state index is 6.01. The third-order valence-electron chi connectivity index (χ3n) is 4.70. The molecule has 0 spiro atoms. The molecular weight excluding hydrogens is 270 g/mol. The molecule has 2 unspecified atom stereocenters. The van der Waals surface area contributed by atoms with Gasteiger partial charge in [0.15, 0.2) is 0 Å². The van der Waals surface area contributed by atoms with Crippen LogP contribution in [0.25, 0.3) is 0 Å². The topological polar surface area (TPSA) is 21.3 Å². The predicted octanol–water partition coefficient (Wildman–Crippen LogP) is 4.32. The van der Waals surface area contributed by atoms with Gasteiger partial charge in [0.05, 0.1) is 12.7 Å². The summed E-state index contributed by atoms with van der Waals surface area (Å²) < 4.78 is 6.01. The highest BCUT2D eigenvalue weighted by Gasteiger charge is 2.26. The molecular formula is C20H33NO. The average molecular weight is 303 g/mol. The monoisotopic (exact) mass is 303 g/mol. The van der Waals surface area contributed by atoms with Gasteiger partial charge < -0.3 is 10.1 Å². The minimum Gasteiger partial charge on any atom is -0.375 e. The van der Waals surface area contributed by atoms with Gasteiger partial charge in [0.25, 0.3) is 0 Å². The van der Waals surface area contributed by atoms with E-state index >= 15 is 0 Å². The Balaban J connectivity index is 1.88. The Labute approximate surface area is 136 Å². The van der Waals surface area contributed by atoms with Crippen LogP contribution in [0, 0.1) is 5.92 Å². The van der Waals surface area contributed by atoms with Gasteiger partial charge in [0, 0.05) is 12.1 Å². The third kappa shape index (κ3) is 4.82. The zero-order valence-corrected chi connectivity index (χ0v) is 15.1. The predicted molar refractivity (Wildman–Crippen MR) is 94.4 cm³/mol. The summed E-state index contributed by atoms with van der Waals surface area (Å²) in [7, 11) is 0. The van der Waals surface area contributed by atoms with E-state index in [4.69, 9.17) is 4.74 Å². The zero-order valence-electron chi connectivity index (χ0n) is 15.1. The Kier molecular flexibility index (Phi) is 5.68. The first-order valence-corrected chi connectivity index (χ1v) is 8.73. The number of benzene rings is 1. The molecule has 0 aromatic heterocycles. The zero-order chi connectivity index (χ0) is 16.3. The van der Waals surface area contributed by atoms with Crippen LogP contribution in [0.15, 0.2) is 24.3 Å². The first-order chi connectivity index (χ1) is 10.3. The standard InChI is InChI=1S/C20H33NO/c1-14(12-19-16(3)21-15(2)13-22-19)11-17-7-9-18(10-8-17)20(4,5)6/h7-10,14-16,19,21H,11-13H2,1-6H3/t14?,15?,16-,19+/m1/s1. The lowest BCUT2D eigenvalue weighted by molar-refractivity contribution is -0.0302. The SMILES string of the molecule is CC(Cc1ccc(C(C)(C)C)cc1)C[C@@H]1OCC(C)N[C@@H]1C. The van der Waals surface area contributed by atoms with Crippen LogP contribution < -0.4 is 5.32 Å². The quantitative estimate of drug-likeness (QED) is 0.894. The van der Waals surface area contributed by atoms with E-state index in [0.29, 0.717) is 24.1 Å². The van der Waals surface area contributed by atoms with E-state index in [2.05, 4.69) is 71.1 Å². The van der Waals surface area contributed by atoms with E-state index in [-0.39, 0.29) is 5.41 Å². The van der Waals surface area contributed by atoms with Crippen LogP contribution in [-0.4, -0.2) is 24.8 Å². The van der Waals surface area contributed by atoms with Crippen LogP contribution in [0.4, 0.5) is 0 Å². The maximum atomic E-state index is 6.01. The van der Waals surface area contributed by atoms with Crippen LogP contribution in [-0.2, 0) is 16.6 Å². The molecule has 1 aromatic carbocycles. The highest BCUT2D eigenvalue weighted by molar-refractivity contribution is 5.27. The average Bonchev–Trinajstić information content (AvgIpc) is 2.41. The van der Waals surface area contributed by atoms with Gasteiger partial charge in [0.2, 0.25) is 0 Å². The summed E-state index contributed by atoms with van der Waals surface area (Å²) in [5.41, 5.74) is 3.08. The Hall–Kier alpha value is -0.860. The molecule has 0 aliphatic carbocycles. The molecule has 1 aliphatic heterocycles. The molecule has 1 heterocycles. The Bertz CT molecular complexity index is 460. The van der Waals surface area contributed by atoms with E-state index in [1.807, 2.05) is 0 Å². The number of rotatable bonds is 4. The fourth-order valence-electron chi connectivity index (χ4n) is 3.31. The fraction of sp³-hybridized carbons (Fsp3) is 0.700. The van der Waals surface area contributed by atoms with E-state index in [9.17, 15) is 0 Å². The van der Waals surface area contributed by atoms with E-state index in [1.165, 1.54) is 11.1 Å². The lowest BCUT2D eigenvalue weighted by Crippen LogP contribution is -2.51. The molecule has 0 saturated carbocycles. The summed E-state index contributed by atoms with van der Waals surface area (Å²) in [6.45, 7) is 14.4. The van der Waals surface area contributed by atoms with Crippen molar-refractivity contribution in [2.24, 2.45) is 5.92 Å². The number of hydrogen-bond acceptors (Lipinski definition) is 2. The number of hydrogen-bond donors (Lipinski definition) is 1. The normalized spacial score (nSPS) is 27.6. The Morgan fingerprint density at radius 1 is 1.18 bits per heavy atom. The van der Waals surface area contributed by atoms with Crippen molar-refractivity contribution < 1.29 is 4.74 Å². The maximum Gasteiger partial charge on any atom is 0.0728 e. The lowest BCUT2D eigenvalue weighted by Gasteiger charge is -2.35. The molecule has 2 rings (SSSR count). The first kappa shape index (κ1) is 17.5. The summed E-state index contributed by atoms with van der Waals surface area (Å²) in [4.78, 5) is 0. The van der Waals surface area contributed by atoms with Crippen molar-refractivity contribution in [3.05, 3.63) is 35.4 Å². The molecule has 0 bridgehead atoms. The van der Waals surface area contributed by atoms with Gasteiger partial charge in [-0.15, -0.1) is 0 Å². The molecule has 0 amide bonds. The van der Waals surface area contributed by atoms with Crippen LogP contribution >= 0.6 is 0 Å². The smallest absolute Gasteiger partial charge is 0.0728 e. The second kappa shape index (κ2) is 7.14. The van der Waals surface area contributed by atoms with E-state index in [0.717, 1.165) is 19.4 Å².